The zero-order valence-corrected chi connectivity index (χ0v) is 8.70. The summed E-state index contributed by atoms with van der Waals surface area (Å²) in [6, 6.07) is 1.22. The van der Waals surface area contributed by atoms with E-state index < -0.39 is 22.2 Å². The molecule has 0 saturated heterocycles. The van der Waals surface area contributed by atoms with Gasteiger partial charge in [0.25, 0.3) is 0 Å². The van der Waals surface area contributed by atoms with Crippen LogP contribution < -0.4 is 4.74 Å². The number of nitro groups is 1. The smallest absolute Gasteiger partial charge is 0.308 e. The second kappa shape index (κ2) is 5.39. The predicted octanol–water partition coefficient (Wildman–Crippen LogP) is 3.05. The van der Waals surface area contributed by atoms with Crippen molar-refractivity contribution in [2.24, 2.45) is 0 Å². The van der Waals surface area contributed by atoms with Crippen LogP contribution in [-0.2, 0) is 0 Å². The zero-order valence-electron chi connectivity index (χ0n) is 8.70. The molecule has 0 saturated carbocycles. The van der Waals surface area contributed by atoms with Crippen LogP contribution >= 0.6 is 0 Å². The van der Waals surface area contributed by atoms with Gasteiger partial charge in [-0.25, -0.2) is 4.39 Å². The van der Waals surface area contributed by atoms with Crippen molar-refractivity contribution >= 4 is 5.69 Å². The van der Waals surface area contributed by atoms with E-state index in [1.807, 2.05) is 6.92 Å². The van der Waals surface area contributed by atoms with E-state index in [1.54, 1.807) is 0 Å². The van der Waals surface area contributed by atoms with Gasteiger partial charge in [-0.3, -0.25) is 10.1 Å². The average Bonchev–Trinajstić information content (AvgIpc) is 2.21. The Labute approximate surface area is 91.0 Å². The number of halogens is 2. The van der Waals surface area contributed by atoms with Crippen LogP contribution in [0.3, 0.4) is 0 Å². The standard InChI is InChI=1S/C10H11F2NO3/c1-2-3-4-16-10-6-9(13(14)15)7(11)5-8(10)12/h5-6H,2-4H2,1H3. The molecule has 0 unspecified atom stereocenters. The van der Waals surface area contributed by atoms with Crippen molar-refractivity contribution < 1.29 is 18.4 Å². The molecule has 0 bridgehead atoms. The first-order valence-electron chi connectivity index (χ1n) is 4.82. The Morgan fingerprint density at radius 3 is 2.62 bits per heavy atom. The summed E-state index contributed by atoms with van der Waals surface area (Å²) in [5.74, 6) is -2.42. The molecule has 0 spiro atoms. The van der Waals surface area contributed by atoms with Crippen LogP contribution in [-0.4, -0.2) is 11.5 Å². The number of nitro benzene ring substituents is 1. The van der Waals surface area contributed by atoms with Gasteiger partial charge in [-0.15, -0.1) is 0 Å². The summed E-state index contributed by atoms with van der Waals surface area (Å²) in [4.78, 5) is 9.49. The highest BCUT2D eigenvalue weighted by atomic mass is 19.1. The molecule has 0 aliphatic rings. The first-order chi connectivity index (χ1) is 7.56. The molecule has 88 valence electrons. The highest BCUT2D eigenvalue weighted by Gasteiger charge is 2.19. The molecule has 16 heavy (non-hydrogen) atoms. The maximum absolute atomic E-state index is 13.1. The van der Waals surface area contributed by atoms with Crippen LogP contribution in [0.2, 0.25) is 0 Å². The highest BCUT2D eigenvalue weighted by molar-refractivity contribution is 5.40. The lowest BCUT2D eigenvalue weighted by atomic mass is 10.2. The molecule has 1 aromatic rings. The van der Waals surface area contributed by atoms with Crippen molar-refractivity contribution in [3.63, 3.8) is 0 Å². The Morgan fingerprint density at radius 2 is 2.06 bits per heavy atom. The van der Waals surface area contributed by atoms with Crippen LogP contribution in [0.25, 0.3) is 0 Å². The van der Waals surface area contributed by atoms with Crippen molar-refractivity contribution in [3.05, 3.63) is 33.9 Å². The van der Waals surface area contributed by atoms with Gasteiger partial charge in [0.15, 0.2) is 11.6 Å². The van der Waals surface area contributed by atoms with E-state index >= 15 is 0 Å². The summed E-state index contributed by atoms with van der Waals surface area (Å²) in [5, 5.41) is 10.4. The van der Waals surface area contributed by atoms with E-state index in [4.69, 9.17) is 4.74 Å². The van der Waals surface area contributed by atoms with Crippen molar-refractivity contribution in [1.29, 1.82) is 0 Å². The molecule has 0 fully saturated rings. The first-order valence-corrected chi connectivity index (χ1v) is 4.82. The average molecular weight is 231 g/mol. The maximum atomic E-state index is 13.1. The van der Waals surface area contributed by atoms with Crippen molar-refractivity contribution in [1.82, 2.24) is 0 Å². The fourth-order valence-corrected chi connectivity index (χ4v) is 1.10. The van der Waals surface area contributed by atoms with Crippen LogP contribution in [0.15, 0.2) is 12.1 Å². The Hall–Kier alpha value is -1.72. The monoisotopic (exact) mass is 231 g/mol. The number of hydrogen-bond donors (Lipinski definition) is 0. The number of unbranched alkanes of at least 4 members (excludes halogenated alkanes) is 1. The second-order valence-electron chi connectivity index (χ2n) is 3.19. The van der Waals surface area contributed by atoms with E-state index in [2.05, 4.69) is 0 Å². The molecular weight excluding hydrogens is 220 g/mol. The molecule has 0 radical (unpaired) electrons. The summed E-state index contributed by atoms with van der Waals surface area (Å²) in [6.45, 7) is 2.17. The number of benzene rings is 1. The molecule has 1 aromatic carbocycles. The summed E-state index contributed by atoms with van der Waals surface area (Å²) in [7, 11) is 0. The molecule has 0 aliphatic heterocycles. The quantitative estimate of drug-likeness (QED) is 0.444. The van der Waals surface area contributed by atoms with Crippen molar-refractivity contribution in [2.75, 3.05) is 6.61 Å². The normalized spacial score (nSPS) is 10.2. The Balaban J connectivity index is 2.91. The minimum absolute atomic E-state index is 0.246. The van der Waals surface area contributed by atoms with Gasteiger partial charge in [0, 0.05) is 6.07 Å². The number of ether oxygens (including phenoxy) is 1. The molecule has 6 heteroatoms. The first kappa shape index (κ1) is 12.4. The molecule has 0 heterocycles. The lowest BCUT2D eigenvalue weighted by molar-refractivity contribution is -0.387. The fourth-order valence-electron chi connectivity index (χ4n) is 1.10. The van der Waals surface area contributed by atoms with Gasteiger partial charge in [-0.1, -0.05) is 13.3 Å². The number of hydrogen-bond acceptors (Lipinski definition) is 3. The summed E-state index contributed by atoms with van der Waals surface area (Å²) < 4.78 is 31.0. The summed E-state index contributed by atoms with van der Waals surface area (Å²) >= 11 is 0. The van der Waals surface area contributed by atoms with E-state index in [-0.39, 0.29) is 12.4 Å². The van der Waals surface area contributed by atoms with Gasteiger partial charge in [0.05, 0.1) is 17.6 Å². The maximum Gasteiger partial charge on any atom is 0.308 e. The van der Waals surface area contributed by atoms with Crippen LogP contribution in [0, 0.1) is 21.7 Å². The van der Waals surface area contributed by atoms with Crippen LogP contribution in [0.5, 0.6) is 5.75 Å². The lowest BCUT2D eigenvalue weighted by Gasteiger charge is -2.06. The third kappa shape index (κ3) is 2.88. The Bertz CT molecular complexity index is 396. The lowest BCUT2D eigenvalue weighted by Crippen LogP contribution is -2.01. The number of rotatable bonds is 5. The molecule has 1 rings (SSSR count). The van der Waals surface area contributed by atoms with Gasteiger partial charge in [-0.2, -0.15) is 4.39 Å². The van der Waals surface area contributed by atoms with Crippen LogP contribution in [0.1, 0.15) is 19.8 Å². The SMILES string of the molecule is CCCCOc1cc([N+](=O)[O-])c(F)cc1F. The second-order valence-corrected chi connectivity index (χ2v) is 3.19. The van der Waals surface area contributed by atoms with Gasteiger partial charge < -0.3 is 4.74 Å². The Morgan fingerprint density at radius 1 is 1.38 bits per heavy atom. The van der Waals surface area contributed by atoms with E-state index in [1.165, 1.54) is 0 Å². The third-order valence-corrected chi connectivity index (χ3v) is 1.95. The largest absolute Gasteiger partial charge is 0.490 e. The van der Waals surface area contributed by atoms with Gasteiger partial charge in [0.1, 0.15) is 0 Å². The van der Waals surface area contributed by atoms with E-state index in [0.29, 0.717) is 12.5 Å². The molecule has 0 amide bonds. The van der Waals surface area contributed by atoms with Gasteiger partial charge >= 0.3 is 5.69 Å². The molecule has 0 atom stereocenters. The minimum atomic E-state index is -1.20. The minimum Gasteiger partial charge on any atom is -0.490 e. The summed E-state index contributed by atoms with van der Waals surface area (Å²) in [6.07, 6.45) is 1.55. The van der Waals surface area contributed by atoms with Crippen molar-refractivity contribution in [2.45, 2.75) is 19.8 Å². The Kier molecular flexibility index (Phi) is 4.16. The summed E-state index contributed by atoms with van der Waals surface area (Å²) in [5.41, 5.74) is -0.784. The van der Waals surface area contributed by atoms with E-state index in [0.717, 1.165) is 12.5 Å². The zero-order chi connectivity index (χ0) is 12.1. The van der Waals surface area contributed by atoms with Crippen molar-refractivity contribution in [3.8, 4) is 5.75 Å². The molecular formula is C10H11F2NO3. The fraction of sp³-hybridized carbons (Fsp3) is 0.400. The van der Waals surface area contributed by atoms with Gasteiger partial charge in [0.2, 0.25) is 5.82 Å². The third-order valence-electron chi connectivity index (χ3n) is 1.95. The predicted molar refractivity (Wildman–Crippen MR) is 53.4 cm³/mol. The highest BCUT2D eigenvalue weighted by Crippen LogP contribution is 2.26. The number of nitrogens with zero attached hydrogens (tertiary/aromatic N) is 1. The topological polar surface area (TPSA) is 52.4 Å². The molecule has 0 aliphatic carbocycles. The molecule has 4 nitrogen and oxygen atoms in total. The molecule has 0 aromatic heterocycles. The van der Waals surface area contributed by atoms with Crippen LogP contribution in [0.4, 0.5) is 14.5 Å². The van der Waals surface area contributed by atoms with Gasteiger partial charge in [-0.05, 0) is 6.42 Å². The molecule has 0 N–H and O–H groups in total. The van der Waals surface area contributed by atoms with E-state index in [9.17, 15) is 18.9 Å².